The van der Waals surface area contributed by atoms with E-state index >= 15 is 0 Å². The summed E-state index contributed by atoms with van der Waals surface area (Å²) < 4.78 is 6.50. The molecule has 0 aliphatic carbocycles. The second-order valence-electron chi connectivity index (χ2n) is 3.91. The van der Waals surface area contributed by atoms with Gasteiger partial charge < -0.3 is 9.84 Å². The number of aliphatic carboxylic acids is 1. The highest BCUT2D eigenvalue weighted by Crippen LogP contribution is 2.23. The van der Waals surface area contributed by atoms with Crippen LogP contribution in [0.1, 0.15) is 31.2 Å². The van der Waals surface area contributed by atoms with Crippen LogP contribution in [0.15, 0.2) is 18.2 Å². The number of ether oxygens (including phenoxy) is 1. The molecular weight excluding hydrogens is 331 g/mol. The Labute approximate surface area is 115 Å². The van der Waals surface area contributed by atoms with E-state index < -0.39 is 5.97 Å². The second kappa shape index (κ2) is 7.53. The smallest absolute Gasteiger partial charge is 0.303 e. The predicted octanol–water partition coefficient (Wildman–Crippen LogP) is 3.49. The van der Waals surface area contributed by atoms with Crippen LogP contribution in [0.25, 0.3) is 0 Å². The summed E-state index contributed by atoms with van der Waals surface area (Å²) in [6.07, 6.45) is 3.91. The molecule has 0 radical (unpaired) electrons. The highest BCUT2D eigenvalue weighted by Gasteiger charge is 2.04. The molecule has 0 heterocycles. The maximum atomic E-state index is 10.4. The van der Waals surface area contributed by atoms with Gasteiger partial charge in [0.15, 0.2) is 0 Å². The molecule has 0 fully saturated rings. The summed E-state index contributed by atoms with van der Waals surface area (Å²) in [7, 11) is 1.68. The summed E-state index contributed by atoms with van der Waals surface area (Å²) in [5.74, 6) is 0.209. The van der Waals surface area contributed by atoms with Crippen molar-refractivity contribution in [3.8, 4) is 5.75 Å². The number of carboxylic acids is 1. The fourth-order valence-electron chi connectivity index (χ4n) is 1.71. The number of rotatable bonds is 7. The van der Waals surface area contributed by atoms with Gasteiger partial charge in [0.2, 0.25) is 0 Å². The molecular formula is C13H17IO3. The van der Waals surface area contributed by atoms with Crippen molar-refractivity contribution in [2.24, 2.45) is 0 Å². The van der Waals surface area contributed by atoms with Crippen LogP contribution in [0.5, 0.6) is 5.75 Å². The third-order valence-electron chi connectivity index (χ3n) is 2.58. The number of hydrogen-bond donors (Lipinski definition) is 1. The number of methoxy groups -OCH3 is 1. The Morgan fingerprint density at radius 1 is 1.35 bits per heavy atom. The Morgan fingerprint density at radius 3 is 2.76 bits per heavy atom. The van der Waals surface area contributed by atoms with Crippen LogP contribution in [0.4, 0.5) is 0 Å². The van der Waals surface area contributed by atoms with E-state index in [0.29, 0.717) is 0 Å². The van der Waals surface area contributed by atoms with Gasteiger partial charge in [-0.2, -0.15) is 0 Å². The lowest BCUT2D eigenvalue weighted by Gasteiger charge is -2.08. The van der Waals surface area contributed by atoms with Gasteiger partial charge in [-0.15, -0.1) is 0 Å². The van der Waals surface area contributed by atoms with Gasteiger partial charge in [0.1, 0.15) is 5.75 Å². The molecule has 0 aliphatic rings. The van der Waals surface area contributed by atoms with Crippen LogP contribution in [-0.2, 0) is 11.2 Å². The van der Waals surface area contributed by atoms with Crippen LogP contribution in [-0.4, -0.2) is 18.2 Å². The number of unbranched alkanes of at least 4 members (excludes halogenated alkanes) is 2. The Bertz CT molecular complexity index is 377. The van der Waals surface area contributed by atoms with Crippen LogP contribution >= 0.6 is 22.6 Å². The number of carboxylic acid groups (broad SMARTS) is 1. The highest BCUT2D eigenvalue weighted by molar-refractivity contribution is 14.1. The molecule has 0 aliphatic heterocycles. The van der Waals surface area contributed by atoms with E-state index in [0.717, 1.165) is 31.4 Å². The summed E-state index contributed by atoms with van der Waals surface area (Å²) in [5, 5.41) is 8.53. The van der Waals surface area contributed by atoms with Gasteiger partial charge in [0, 0.05) is 9.99 Å². The van der Waals surface area contributed by atoms with E-state index in [1.807, 2.05) is 12.1 Å². The number of hydrogen-bond acceptors (Lipinski definition) is 2. The third kappa shape index (κ3) is 5.39. The van der Waals surface area contributed by atoms with E-state index in [-0.39, 0.29) is 6.42 Å². The molecule has 1 rings (SSSR count). The average molecular weight is 348 g/mol. The summed E-state index contributed by atoms with van der Waals surface area (Å²) in [6.45, 7) is 0. The van der Waals surface area contributed by atoms with Gasteiger partial charge in [0.25, 0.3) is 0 Å². The Balaban J connectivity index is 2.40. The molecule has 0 saturated heterocycles. The van der Waals surface area contributed by atoms with Gasteiger partial charge in [-0.1, -0.05) is 6.42 Å². The summed E-state index contributed by atoms with van der Waals surface area (Å²) in [6, 6.07) is 6.12. The lowest BCUT2D eigenvalue weighted by atomic mass is 10.1. The van der Waals surface area contributed by atoms with Crippen molar-refractivity contribution in [3.63, 3.8) is 0 Å². The lowest BCUT2D eigenvalue weighted by molar-refractivity contribution is -0.137. The second-order valence-corrected chi connectivity index (χ2v) is 5.16. The lowest BCUT2D eigenvalue weighted by Crippen LogP contribution is -1.96. The van der Waals surface area contributed by atoms with E-state index in [4.69, 9.17) is 9.84 Å². The van der Waals surface area contributed by atoms with Crippen LogP contribution < -0.4 is 4.74 Å². The van der Waals surface area contributed by atoms with Gasteiger partial charge in [-0.05, 0) is 65.6 Å². The molecule has 0 atom stereocenters. The zero-order chi connectivity index (χ0) is 12.7. The van der Waals surface area contributed by atoms with Crippen LogP contribution in [0.2, 0.25) is 0 Å². The molecule has 0 amide bonds. The first-order chi connectivity index (χ1) is 8.13. The standard InChI is InChI=1S/C13H17IO3/c1-17-12-8-7-11(14)9-10(12)5-3-2-4-6-13(15)16/h7-9H,2-6H2,1H3,(H,15,16). The van der Waals surface area contributed by atoms with Crippen molar-refractivity contribution >= 4 is 28.6 Å². The molecule has 4 heteroatoms. The zero-order valence-corrected chi connectivity index (χ0v) is 12.1. The first-order valence-electron chi connectivity index (χ1n) is 5.67. The summed E-state index contributed by atoms with van der Waals surface area (Å²) >= 11 is 2.28. The minimum absolute atomic E-state index is 0.267. The van der Waals surface area contributed by atoms with E-state index in [2.05, 4.69) is 28.7 Å². The molecule has 0 bridgehead atoms. The Hall–Kier alpha value is -0.780. The molecule has 1 N–H and O–H groups in total. The highest BCUT2D eigenvalue weighted by atomic mass is 127. The topological polar surface area (TPSA) is 46.5 Å². The molecule has 0 aromatic heterocycles. The molecule has 1 aromatic carbocycles. The molecule has 0 saturated carbocycles. The van der Waals surface area contributed by atoms with Gasteiger partial charge in [-0.3, -0.25) is 4.79 Å². The van der Waals surface area contributed by atoms with Crippen molar-refractivity contribution in [2.45, 2.75) is 32.1 Å². The van der Waals surface area contributed by atoms with Crippen LogP contribution in [0, 0.1) is 3.57 Å². The van der Waals surface area contributed by atoms with Crippen LogP contribution in [0.3, 0.4) is 0 Å². The average Bonchev–Trinajstić information content (AvgIpc) is 2.28. The summed E-state index contributed by atoms with van der Waals surface area (Å²) in [4.78, 5) is 10.4. The fraction of sp³-hybridized carbons (Fsp3) is 0.462. The Morgan fingerprint density at radius 2 is 2.12 bits per heavy atom. The third-order valence-corrected chi connectivity index (χ3v) is 3.25. The molecule has 0 unspecified atom stereocenters. The molecule has 17 heavy (non-hydrogen) atoms. The molecule has 3 nitrogen and oxygen atoms in total. The fourth-order valence-corrected chi connectivity index (χ4v) is 2.27. The number of benzene rings is 1. The molecule has 94 valence electrons. The Kier molecular flexibility index (Phi) is 6.32. The molecule has 0 spiro atoms. The maximum absolute atomic E-state index is 10.4. The van der Waals surface area contributed by atoms with Crippen molar-refractivity contribution in [1.82, 2.24) is 0 Å². The first-order valence-corrected chi connectivity index (χ1v) is 6.75. The van der Waals surface area contributed by atoms with Crippen molar-refractivity contribution in [3.05, 3.63) is 27.3 Å². The van der Waals surface area contributed by atoms with Crippen molar-refractivity contribution in [2.75, 3.05) is 7.11 Å². The zero-order valence-electron chi connectivity index (χ0n) is 9.91. The van der Waals surface area contributed by atoms with Crippen molar-refractivity contribution in [1.29, 1.82) is 0 Å². The maximum Gasteiger partial charge on any atom is 0.303 e. The normalized spacial score (nSPS) is 10.2. The number of halogens is 1. The number of carbonyl (C=O) groups is 1. The van der Waals surface area contributed by atoms with E-state index in [1.54, 1.807) is 7.11 Å². The molecule has 1 aromatic rings. The van der Waals surface area contributed by atoms with Gasteiger partial charge in [-0.25, -0.2) is 0 Å². The minimum atomic E-state index is -0.711. The van der Waals surface area contributed by atoms with E-state index in [9.17, 15) is 4.79 Å². The van der Waals surface area contributed by atoms with Gasteiger partial charge in [0.05, 0.1) is 7.11 Å². The monoisotopic (exact) mass is 348 g/mol. The number of aryl methyl sites for hydroxylation is 1. The summed E-state index contributed by atoms with van der Waals surface area (Å²) in [5.41, 5.74) is 1.20. The SMILES string of the molecule is COc1ccc(I)cc1CCCCCC(=O)O. The first kappa shape index (κ1) is 14.3. The van der Waals surface area contributed by atoms with E-state index in [1.165, 1.54) is 9.13 Å². The predicted molar refractivity (Wildman–Crippen MR) is 75.5 cm³/mol. The minimum Gasteiger partial charge on any atom is -0.496 e. The largest absolute Gasteiger partial charge is 0.496 e. The van der Waals surface area contributed by atoms with Gasteiger partial charge >= 0.3 is 5.97 Å². The van der Waals surface area contributed by atoms with Crippen molar-refractivity contribution < 1.29 is 14.6 Å². The quantitative estimate of drug-likeness (QED) is 0.606.